The fourth-order valence-corrected chi connectivity index (χ4v) is 7.63. The number of hydrogen-bond acceptors (Lipinski definition) is 5. The second kappa shape index (κ2) is 15.6. The molecular weight excluding hydrogens is 685 g/mol. The van der Waals surface area contributed by atoms with Gasteiger partial charge in [-0.05, 0) is 84.6 Å². The third kappa shape index (κ3) is 8.78. The lowest BCUT2D eigenvalue weighted by molar-refractivity contribution is -0.140. The number of nitrogens with zero attached hydrogens (tertiary/aromatic N) is 2. The van der Waals surface area contributed by atoms with Gasteiger partial charge in [-0.25, -0.2) is 12.8 Å². The van der Waals surface area contributed by atoms with E-state index in [2.05, 4.69) is 21.2 Å². The minimum absolute atomic E-state index is 0.00904. The Bertz CT molecular complexity index is 1770. The number of halogens is 2. The van der Waals surface area contributed by atoms with Gasteiger partial charge in [0.25, 0.3) is 10.0 Å². The summed E-state index contributed by atoms with van der Waals surface area (Å²) in [7, 11) is -2.85. The van der Waals surface area contributed by atoms with Crippen LogP contribution in [0.4, 0.5) is 10.1 Å². The van der Waals surface area contributed by atoms with Crippen LogP contribution in [0.5, 0.6) is 5.75 Å². The first kappa shape index (κ1) is 34.1. The molecule has 246 valence electrons. The van der Waals surface area contributed by atoms with Crippen molar-refractivity contribution >= 4 is 43.5 Å². The first-order valence-corrected chi connectivity index (χ1v) is 17.7. The molecule has 5 rings (SSSR count). The summed E-state index contributed by atoms with van der Waals surface area (Å²) in [6, 6.07) is 26.6. The molecule has 2 amide bonds. The van der Waals surface area contributed by atoms with E-state index in [-0.39, 0.29) is 35.5 Å². The largest absolute Gasteiger partial charge is 0.497 e. The standard InChI is InChI=1S/C36H37BrFN3O5S/c1-46-32-18-20-33(21-19-32)47(44,45)41(31-16-14-29(38)15-17-31)25-35(42)40(24-27-10-7-11-28(37)22-27)34(23-26-8-3-2-4-9-26)36(43)39-30-12-5-6-13-30/h2-4,7-11,14-22,30,34H,5-6,12-13,23-25H2,1H3,(H,39,43)/t34-/m0/s1. The number of hydrogen-bond donors (Lipinski definition) is 1. The SMILES string of the molecule is COc1ccc(S(=O)(=O)N(CC(=O)N(Cc2cccc(Br)c2)[C@@H](Cc2ccccc2)C(=O)NC2CCCC2)c2ccc(F)cc2)cc1. The first-order chi connectivity index (χ1) is 22.6. The van der Waals surface area contributed by atoms with Crippen molar-refractivity contribution < 1.29 is 27.1 Å². The van der Waals surface area contributed by atoms with Crippen LogP contribution < -0.4 is 14.4 Å². The molecule has 11 heteroatoms. The van der Waals surface area contributed by atoms with Gasteiger partial charge >= 0.3 is 0 Å². The van der Waals surface area contributed by atoms with Crippen molar-refractivity contribution in [2.24, 2.45) is 0 Å². The number of sulfonamides is 1. The fraction of sp³-hybridized carbons (Fsp3) is 0.278. The summed E-state index contributed by atoms with van der Waals surface area (Å²) in [6.07, 6.45) is 3.99. The van der Waals surface area contributed by atoms with E-state index in [0.29, 0.717) is 5.75 Å². The third-order valence-electron chi connectivity index (χ3n) is 8.26. The fourth-order valence-electron chi connectivity index (χ4n) is 5.76. The monoisotopic (exact) mass is 721 g/mol. The van der Waals surface area contributed by atoms with Crippen LogP contribution in [-0.2, 0) is 32.6 Å². The Morgan fingerprint density at radius 2 is 1.57 bits per heavy atom. The van der Waals surface area contributed by atoms with Crippen molar-refractivity contribution in [2.45, 2.75) is 55.6 Å². The Balaban J connectivity index is 1.56. The van der Waals surface area contributed by atoms with Gasteiger partial charge in [0.1, 0.15) is 24.2 Å². The van der Waals surface area contributed by atoms with Crippen LogP contribution in [0.2, 0.25) is 0 Å². The van der Waals surface area contributed by atoms with Crippen LogP contribution in [0.3, 0.4) is 0 Å². The van der Waals surface area contributed by atoms with E-state index in [9.17, 15) is 22.4 Å². The van der Waals surface area contributed by atoms with Gasteiger partial charge in [0, 0.05) is 23.5 Å². The van der Waals surface area contributed by atoms with E-state index in [1.54, 1.807) is 0 Å². The second-order valence-electron chi connectivity index (χ2n) is 11.5. The molecular formula is C36H37BrFN3O5S. The van der Waals surface area contributed by atoms with E-state index in [4.69, 9.17) is 4.74 Å². The highest BCUT2D eigenvalue weighted by Gasteiger charge is 2.35. The van der Waals surface area contributed by atoms with Gasteiger partial charge in [-0.15, -0.1) is 0 Å². The molecule has 0 spiro atoms. The molecule has 1 saturated carbocycles. The summed E-state index contributed by atoms with van der Waals surface area (Å²) in [5.41, 5.74) is 1.71. The highest BCUT2D eigenvalue weighted by molar-refractivity contribution is 9.10. The zero-order chi connectivity index (χ0) is 33.4. The minimum atomic E-state index is -4.32. The lowest BCUT2D eigenvalue weighted by atomic mass is 10.0. The maximum atomic E-state index is 14.6. The summed E-state index contributed by atoms with van der Waals surface area (Å²) in [4.78, 5) is 30.0. The van der Waals surface area contributed by atoms with Crippen molar-refractivity contribution in [3.63, 3.8) is 0 Å². The minimum Gasteiger partial charge on any atom is -0.497 e. The Morgan fingerprint density at radius 3 is 2.21 bits per heavy atom. The summed E-state index contributed by atoms with van der Waals surface area (Å²) in [5.74, 6) is -0.973. The highest BCUT2D eigenvalue weighted by atomic mass is 79.9. The highest BCUT2D eigenvalue weighted by Crippen LogP contribution is 2.27. The molecule has 1 atom stereocenters. The smallest absolute Gasteiger partial charge is 0.264 e. The molecule has 1 N–H and O–H groups in total. The van der Waals surface area contributed by atoms with Crippen molar-refractivity contribution in [3.8, 4) is 5.75 Å². The maximum absolute atomic E-state index is 14.6. The predicted molar refractivity (Wildman–Crippen MR) is 183 cm³/mol. The van der Waals surface area contributed by atoms with Crippen LogP contribution in [0.15, 0.2) is 112 Å². The van der Waals surface area contributed by atoms with Crippen LogP contribution in [0, 0.1) is 5.82 Å². The van der Waals surface area contributed by atoms with Gasteiger partial charge in [-0.2, -0.15) is 0 Å². The van der Waals surface area contributed by atoms with Gasteiger partial charge in [-0.1, -0.05) is 71.2 Å². The van der Waals surface area contributed by atoms with E-state index in [0.717, 1.165) is 57.7 Å². The number of rotatable bonds is 13. The molecule has 8 nitrogen and oxygen atoms in total. The lowest BCUT2D eigenvalue weighted by Crippen LogP contribution is -2.54. The van der Waals surface area contributed by atoms with Gasteiger partial charge < -0.3 is 15.0 Å². The number of anilines is 1. The number of ether oxygens (including phenoxy) is 1. The number of carbonyl (C=O) groups is 2. The van der Waals surface area contributed by atoms with Gasteiger partial charge in [0.2, 0.25) is 11.8 Å². The molecule has 0 unspecified atom stereocenters. The quantitative estimate of drug-likeness (QED) is 0.170. The summed E-state index contributed by atoms with van der Waals surface area (Å²) >= 11 is 3.50. The average molecular weight is 723 g/mol. The summed E-state index contributed by atoms with van der Waals surface area (Å²) in [5, 5.41) is 3.16. The molecule has 4 aromatic carbocycles. The van der Waals surface area contributed by atoms with Crippen molar-refractivity contribution in [2.75, 3.05) is 18.0 Å². The van der Waals surface area contributed by atoms with E-state index >= 15 is 0 Å². The van der Waals surface area contributed by atoms with Crippen LogP contribution in [-0.4, -0.2) is 50.9 Å². The molecule has 1 fully saturated rings. The van der Waals surface area contributed by atoms with Crippen LogP contribution in [0.1, 0.15) is 36.8 Å². The number of methoxy groups -OCH3 is 1. The molecule has 1 aliphatic rings. The molecule has 0 aromatic heterocycles. The molecule has 0 aliphatic heterocycles. The predicted octanol–water partition coefficient (Wildman–Crippen LogP) is 6.49. The average Bonchev–Trinajstić information content (AvgIpc) is 3.59. The molecule has 1 aliphatic carbocycles. The summed E-state index contributed by atoms with van der Waals surface area (Å²) < 4.78 is 49.2. The number of benzene rings is 4. The van der Waals surface area contributed by atoms with Gasteiger partial charge in [0.15, 0.2) is 0 Å². The van der Waals surface area contributed by atoms with Crippen molar-refractivity contribution in [1.82, 2.24) is 10.2 Å². The molecule has 47 heavy (non-hydrogen) atoms. The molecule has 0 bridgehead atoms. The van der Waals surface area contributed by atoms with Crippen LogP contribution in [0.25, 0.3) is 0 Å². The zero-order valence-corrected chi connectivity index (χ0v) is 28.4. The Kier molecular flexibility index (Phi) is 11.3. The molecule has 0 heterocycles. The normalized spacial score (nSPS) is 13.9. The molecule has 0 radical (unpaired) electrons. The third-order valence-corrected chi connectivity index (χ3v) is 10.5. The van der Waals surface area contributed by atoms with Gasteiger partial charge in [-0.3, -0.25) is 13.9 Å². The Labute approximate surface area is 283 Å². The number of nitrogens with one attached hydrogen (secondary N) is 1. The van der Waals surface area contributed by atoms with Crippen LogP contribution >= 0.6 is 15.9 Å². The zero-order valence-electron chi connectivity index (χ0n) is 26.0. The van der Waals surface area contributed by atoms with E-state index in [1.165, 1.54) is 48.4 Å². The number of amides is 2. The Hall–Kier alpha value is -4.22. The molecule has 4 aromatic rings. The lowest BCUT2D eigenvalue weighted by Gasteiger charge is -2.34. The number of carbonyl (C=O) groups excluding carboxylic acids is 2. The van der Waals surface area contributed by atoms with Gasteiger partial charge in [0.05, 0.1) is 17.7 Å². The topological polar surface area (TPSA) is 96.0 Å². The Morgan fingerprint density at radius 1 is 0.915 bits per heavy atom. The summed E-state index contributed by atoms with van der Waals surface area (Å²) in [6.45, 7) is -0.580. The van der Waals surface area contributed by atoms with Crippen molar-refractivity contribution in [1.29, 1.82) is 0 Å². The first-order valence-electron chi connectivity index (χ1n) is 15.4. The van der Waals surface area contributed by atoms with E-state index < -0.39 is 34.3 Å². The van der Waals surface area contributed by atoms with Crippen molar-refractivity contribution in [3.05, 3.63) is 125 Å². The maximum Gasteiger partial charge on any atom is 0.264 e. The second-order valence-corrected chi connectivity index (χ2v) is 14.3. The van der Waals surface area contributed by atoms with E-state index in [1.807, 2.05) is 54.6 Å². The molecule has 0 saturated heterocycles.